The van der Waals surface area contributed by atoms with Crippen LogP contribution in [0.1, 0.15) is 19.8 Å². The van der Waals surface area contributed by atoms with Crippen LogP contribution in [0.25, 0.3) is 10.9 Å². The van der Waals surface area contributed by atoms with Crippen LogP contribution in [0.5, 0.6) is 0 Å². The number of pyridine rings is 1. The Morgan fingerprint density at radius 1 is 1.12 bits per heavy atom. The second-order valence-electron chi connectivity index (χ2n) is 6.77. The smallest absolute Gasteiger partial charge is 0.129 e. The molecule has 3 aromatic rings. The molecule has 2 aromatic carbocycles. The first-order valence-corrected chi connectivity index (χ1v) is 9.66. The molecule has 0 bridgehead atoms. The van der Waals surface area contributed by atoms with Crippen molar-refractivity contribution in [3.05, 3.63) is 65.7 Å². The third kappa shape index (κ3) is 3.49. The Morgan fingerprint density at radius 2 is 1.88 bits per heavy atom. The highest BCUT2D eigenvalue weighted by molar-refractivity contribution is 6.30. The molecule has 0 N–H and O–H groups in total. The van der Waals surface area contributed by atoms with Crippen LogP contribution in [0.3, 0.4) is 0 Å². The van der Waals surface area contributed by atoms with E-state index in [-0.39, 0.29) is 0 Å². The van der Waals surface area contributed by atoms with Crippen LogP contribution in [0.15, 0.2) is 54.6 Å². The number of rotatable bonds is 4. The minimum absolute atomic E-state index is 0.562. The van der Waals surface area contributed by atoms with Gasteiger partial charge < -0.3 is 9.80 Å². The van der Waals surface area contributed by atoms with Crippen LogP contribution in [0.4, 0.5) is 11.5 Å². The second kappa shape index (κ2) is 7.55. The van der Waals surface area contributed by atoms with Gasteiger partial charge in [-0.15, -0.1) is 0 Å². The molecule has 1 fully saturated rings. The van der Waals surface area contributed by atoms with E-state index in [1.807, 2.05) is 30.3 Å². The molecule has 0 aliphatic carbocycles. The summed E-state index contributed by atoms with van der Waals surface area (Å²) in [5.41, 5.74) is 2.30. The summed E-state index contributed by atoms with van der Waals surface area (Å²) in [6, 6.07) is 22.1. The van der Waals surface area contributed by atoms with E-state index in [1.54, 1.807) is 0 Å². The average molecular weight is 365 g/mol. The molecule has 4 rings (SSSR count). The Balaban J connectivity index is 1.46. The molecule has 3 nitrogen and oxygen atoms in total. The number of benzene rings is 2. The number of hydrogen-bond acceptors (Lipinski definition) is 3. The SMILES string of the molecule is CCN(c1ccc(Cl)cc1)C1CCN(c2ccc3c[c]ccc3n2)CC1. The maximum Gasteiger partial charge on any atom is 0.129 e. The van der Waals surface area contributed by atoms with Crippen molar-refractivity contribution in [2.75, 3.05) is 29.4 Å². The predicted octanol–water partition coefficient (Wildman–Crippen LogP) is 5.18. The minimum Gasteiger partial charge on any atom is -0.369 e. The number of halogens is 1. The van der Waals surface area contributed by atoms with Gasteiger partial charge in [-0.25, -0.2) is 4.98 Å². The Kier molecular flexibility index (Phi) is 4.98. The molecular weight excluding hydrogens is 342 g/mol. The summed E-state index contributed by atoms with van der Waals surface area (Å²) in [5.74, 6) is 1.08. The van der Waals surface area contributed by atoms with Gasteiger partial charge in [0.2, 0.25) is 0 Å². The molecule has 0 unspecified atom stereocenters. The number of piperidine rings is 1. The summed E-state index contributed by atoms with van der Waals surface area (Å²) >= 11 is 6.04. The van der Waals surface area contributed by atoms with E-state index in [2.05, 4.69) is 47.1 Å². The summed E-state index contributed by atoms with van der Waals surface area (Å²) in [5, 5.41) is 1.94. The maximum absolute atomic E-state index is 6.04. The molecule has 1 aromatic heterocycles. The highest BCUT2D eigenvalue weighted by atomic mass is 35.5. The Hall–Kier alpha value is -2.26. The van der Waals surface area contributed by atoms with E-state index in [0.29, 0.717) is 6.04 Å². The molecule has 1 saturated heterocycles. The lowest BCUT2D eigenvalue weighted by Crippen LogP contribution is -2.45. The van der Waals surface area contributed by atoms with E-state index in [0.717, 1.165) is 54.2 Å². The van der Waals surface area contributed by atoms with Gasteiger partial charge in [0, 0.05) is 41.8 Å². The largest absolute Gasteiger partial charge is 0.369 e. The summed E-state index contributed by atoms with van der Waals surface area (Å²) in [6.45, 7) is 5.30. The van der Waals surface area contributed by atoms with E-state index >= 15 is 0 Å². The number of anilines is 2. The van der Waals surface area contributed by atoms with Crippen molar-refractivity contribution in [2.24, 2.45) is 0 Å². The van der Waals surface area contributed by atoms with Crippen LogP contribution in [-0.2, 0) is 0 Å². The van der Waals surface area contributed by atoms with Gasteiger partial charge in [-0.05, 0) is 74.4 Å². The summed E-state index contributed by atoms with van der Waals surface area (Å²) in [6.07, 6.45) is 2.28. The molecular formula is C22H23ClN3. The van der Waals surface area contributed by atoms with Crippen LogP contribution >= 0.6 is 11.6 Å². The van der Waals surface area contributed by atoms with Crippen LogP contribution < -0.4 is 9.80 Å². The van der Waals surface area contributed by atoms with E-state index in [4.69, 9.17) is 16.6 Å². The van der Waals surface area contributed by atoms with Gasteiger partial charge in [0.15, 0.2) is 0 Å². The summed E-state index contributed by atoms with van der Waals surface area (Å²) in [4.78, 5) is 9.74. The van der Waals surface area contributed by atoms with Crippen molar-refractivity contribution in [3.8, 4) is 0 Å². The lowest BCUT2D eigenvalue weighted by Gasteiger charge is -2.40. The fraction of sp³-hybridized carbons (Fsp3) is 0.318. The summed E-state index contributed by atoms with van der Waals surface area (Å²) in [7, 11) is 0. The molecule has 0 amide bonds. The number of fused-ring (bicyclic) bond motifs is 1. The number of aromatic nitrogens is 1. The molecule has 4 heteroatoms. The van der Waals surface area contributed by atoms with Crippen molar-refractivity contribution in [1.82, 2.24) is 4.98 Å². The molecule has 1 aliphatic rings. The topological polar surface area (TPSA) is 19.4 Å². The minimum atomic E-state index is 0.562. The number of nitrogens with zero attached hydrogens (tertiary/aromatic N) is 3. The van der Waals surface area contributed by atoms with Crippen molar-refractivity contribution >= 4 is 34.0 Å². The van der Waals surface area contributed by atoms with Crippen LogP contribution in [0, 0.1) is 6.07 Å². The fourth-order valence-corrected chi connectivity index (χ4v) is 3.99. The fourth-order valence-electron chi connectivity index (χ4n) is 3.86. The third-order valence-electron chi connectivity index (χ3n) is 5.25. The molecule has 133 valence electrons. The molecule has 2 heterocycles. The molecule has 26 heavy (non-hydrogen) atoms. The second-order valence-corrected chi connectivity index (χ2v) is 7.21. The average Bonchev–Trinajstić information content (AvgIpc) is 2.70. The first kappa shape index (κ1) is 17.2. The van der Waals surface area contributed by atoms with Gasteiger partial charge in [0.05, 0.1) is 5.52 Å². The van der Waals surface area contributed by atoms with Gasteiger partial charge >= 0.3 is 0 Å². The van der Waals surface area contributed by atoms with Crippen LogP contribution in [-0.4, -0.2) is 30.7 Å². The van der Waals surface area contributed by atoms with Crippen molar-refractivity contribution < 1.29 is 0 Å². The quantitative estimate of drug-likeness (QED) is 0.635. The monoisotopic (exact) mass is 364 g/mol. The zero-order valence-corrected chi connectivity index (χ0v) is 15.8. The van der Waals surface area contributed by atoms with Gasteiger partial charge in [-0.2, -0.15) is 0 Å². The molecule has 1 aliphatic heterocycles. The summed E-state index contributed by atoms with van der Waals surface area (Å²) < 4.78 is 0. The highest BCUT2D eigenvalue weighted by Gasteiger charge is 2.24. The number of hydrogen-bond donors (Lipinski definition) is 0. The van der Waals surface area contributed by atoms with Gasteiger partial charge in [-0.3, -0.25) is 0 Å². The van der Waals surface area contributed by atoms with Crippen molar-refractivity contribution in [3.63, 3.8) is 0 Å². The van der Waals surface area contributed by atoms with Gasteiger partial charge in [-0.1, -0.05) is 17.7 Å². The van der Waals surface area contributed by atoms with Crippen molar-refractivity contribution in [2.45, 2.75) is 25.8 Å². The van der Waals surface area contributed by atoms with E-state index in [9.17, 15) is 0 Å². The Bertz CT molecular complexity index is 870. The first-order chi connectivity index (χ1) is 12.7. The van der Waals surface area contributed by atoms with Crippen molar-refractivity contribution in [1.29, 1.82) is 0 Å². The van der Waals surface area contributed by atoms with E-state index < -0.39 is 0 Å². The lowest BCUT2D eigenvalue weighted by molar-refractivity contribution is 0.468. The first-order valence-electron chi connectivity index (χ1n) is 9.28. The third-order valence-corrected chi connectivity index (χ3v) is 5.50. The lowest BCUT2D eigenvalue weighted by atomic mass is 10.0. The van der Waals surface area contributed by atoms with Crippen LogP contribution in [0.2, 0.25) is 5.02 Å². The zero-order chi connectivity index (χ0) is 17.9. The maximum atomic E-state index is 6.04. The molecule has 0 saturated carbocycles. The predicted molar refractivity (Wildman–Crippen MR) is 110 cm³/mol. The molecule has 0 atom stereocenters. The Labute approximate surface area is 160 Å². The van der Waals surface area contributed by atoms with Gasteiger partial charge in [0.1, 0.15) is 5.82 Å². The molecule has 1 radical (unpaired) electrons. The normalized spacial score (nSPS) is 15.4. The van der Waals surface area contributed by atoms with Gasteiger partial charge in [0.25, 0.3) is 0 Å². The molecule has 0 spiro atoms. The van der Waals surface area contributed by atoms with E-state index in [1.165, 1.54) is 5.69 Å². The highest BCUT2D eigenvalue weighted by Crippen LogP contribution is 2.27. The zero-order valence-electron chi connectivity index (χ0n) is 15.0. The Morgan fingerprint density at radius 3 is 2.62 bits per heavy atom. The standard InChI is InChI=1S/C22H23ClN3/c1-2-26(19-10-8-18(23)9-11-19)20-13-15-25(16-14-20)22-12-7-17-5-3-4-6-21(17)24-22/h4-12,20H,2,13-16H2,1H3.